The van der Waals surface area contributed by atoms with Crippen molar-refractivity contribution in [3.05, 3.63) is 64.7 Å². The highest BCUT2D eigenvalue weighted by Crippen LogP contribution is 2.38. The second kappa shape index (κ2) is 11.6. The predicted molar refractivity (Wildman–Crippen MR) is 137 cm³/mol. The van der Waals surface area contributed by atoms with Gasteiger partial charge in [0.05, 0.1) is 25.5 Å². The van der Waals surface area contributed by atoms with Crippen LogP contribution in [0.15, 0.2) is 53.6 Å². The molecule has 1 N–H and O–H groups in total. The minimum absolute atomic E-state index is 0.157. The van der Waals surface area contributed by atoms with E-state index in [-0.39, 0.29) is 25.0 Å². The van der Waals surface area contributed by atoms with Crippen molar-refractivity contribution in [3.63, 3.8) is 0 Å². The summed E-state index contributed by atoms with van der Waals surface area (Å²) in [4.78, 5) is 28.0. The molecule has 0 aliphatic carbocycles. The Morgan fingerprint density at radius 3 is 2.49 bits per heavy atom. The summed E-state index contributed by atoms with van der Waals surface area (Å²) >= 11 is 6.44. The summed E-state index contributed by atoms with van der Waals surface area (Å²) in [7, 11) is 3.15. The normalized spacial score (nSPS) is 15.5. The van der Waals surface area contributed by atoms with Crippen molar-refractivity contribution in [1.82, 2.24) is 15.2 Å². The molecule has 1 atom stereocenters. The lowest BCUT2D eigenvalue weighted by atomic mass is 9.97. The number of hydrogen-bond donors (Lipinski definition) is 1. The smallest absolute Gasteiger partial charge is 0.318 e. The third-order valence-electron chi connectivity index (χ3n) is 5.51. The molecular weight excluding hydrogens is 468 g/mol. The summed E-state index contributed by atoms with van der Waals surface area (Å²) in [5.74, 6) is 0.343. The van der Waals surface area contributed by atoms with E-state index in [9.17, 15) is 9.59 Å². The Morgan fingerprint density at radius 2 is 1.83 bits per heavy atom. The van der Waals surface area contributed by atoms with Crippen LogP contribution in [0.2, 0.25) is 5.02 Å². The zero-order valence-electron chi connectivity index (χ0n) is 20.9. The van der Waals surface area contributed by atoms with E-state index in [0.29, 0.717) is 29.5 Å². The lowest BCUT2D eigenvalue weighted by molar-refractivity contribution is -0.133. The molecule has 9 heteroatoms. The van der Waals surface area contributed by atoms with Crippen LogP contribution >= 0.6 is 11.6 Å². The van der Waals surface area contributed by atoms with E-state index >= 15 is 0 Å². The van der Waals surface area contributed by atoms with Gasteiger partial charge in [0.25, 0.3) is 5.91 Å². The first-order valence-corrected chi connectivity index (χ1v) is 11.9. The predicted octanol–water partition coefficient (Wildman–Crippen LogP) is 4.48. The number of ether oxygens (including phenoxy) is 2. The maximum Gasteiger partial charge on any atom is 0.318 e. The van der Waals surface area contributed by atoms with Gasteiger partial charge in [0.2, 0.25) is 0 Å². The number of halogens is 1. The van der Waals surface area contributed by atoms with Crippen LogP contribution in [-0.4, -0.2) is 67.0 Å². The van der Waals surface area contributed by atoms with Gasteiger partial charge in [-0.3, -0.25) is 4.79 Å². The number of benzene rings is 2. The van der Waals surface area contributed by atoms with Gasteiger partial charge in [-0.05, 0) is 32.9 Å². The number of methoxy groups -OCH3 is 2. The summed E-state index contributed by atoms with van der Waals surface area (Å²) in [5, 5.41) is 9.61. The monoisotopic (exact) mass is 500 g/mol. The van der Waals surface area contributed by atoms with Crippen LogP contribution in [0.5, 0.6) is 5.75 Å². The van der Waals surface area contributed by atoms with Gasteiger partial charge in [0.15, 0.2) is 0 Å². The van der Waals surface area contributed by atoms with Crippen LogP contribution in [-0.2, 0) is 9.53 Å². The second-order valence-corrected chi connectivity index (χ2v) is 9.73. The Kier molecular flexibility index (Phi) is 8.75. The first-order valence-electron chi connectivity index (χ1n) is 11.5. The molecule has 3 rings (SSSR count). The van der Waals surface area contributed by atoms with E-state index in [4.69, 9.17) is 26.2 Å². The van der Waals surface area contributed by atoms with Crippen molar-refractivity contribution >= 4 is 29.3 Å². The largest absolute Gasteiger partial charge is 0.496 e. The summed E-state index contributed by atoms with van der Waals surface area (Å²) < 4.78 is 10.7. The molecule has 1 aliphatic rings. The van der Waals surface area contributed by atoms with Gasteiger partial charge in [-0.15, -0.1) is 0 Å². The van der Waals surface area contributed by atoms with Gasteiger partial charge in [-0.1, -0.05) is 48.0 Å². The second-order valence-electron chi connectivity index (χ2n) is 9.32. The Labute approximate surface area is 211 Å². The molecule has 1 heterocycles. The Hall–Kier alpha value is -3.10. The first kappa shape index (κ1) is 26.5. The van der Waals surface area contributed by atoms with Crippen LogP contribution in [0, 0.1) is 0 Å². The molecule has 0 fully saturated rings. The summed E-state index contributed by atoms with van der Waals surface area (Å²) in [6.45, 7) is 6.07. The minimum atomic E-state index is -0.450. The van der Waals surface area contributed by atoms with Gasteiger partial charge < -0.3 is 19.7 Å². The topological polar surface area (TPSA) is 83.5 Å². The van der Waals surface area contributed by atoms with Crippen molar-refractivity contribution in [2.45, 2.75) is 38.8 Å². The van der Waals surface area contributed by atoms with Gasteiger partial charge in [-0.25, -0.2) is 9.80 Å². The van der Waals surface area contributed by atoms with Crippen molar-refractivity contribution in [2.75, 3.05) is 33.9 Å². The van der Waals surface area contributed by atoms with Gasteiger partial charge in [0.1, 0.15) is 12.3 Å². The molecule has 8 nitrogen and oxygen atoms in total. The zero-order chi connectivity index (χ0) is 25.6. The van der Waals surface area contributed by atoms with Gasteiger partial charge in [-0.2, -0.15) is 5.10 Å². The number of amides is 3. The van der Waals surface area contributed by atoms with Crippen molar-refractivity contribution in [2.24, 2.45) is 5.10 Å². The Morgan fingerprint density at radius 1 is 1.14 bits per heavy atom. The maximum atomic E-state index is 13.6. The maximum absolute atomic E-state index is 13.6. The Bertz CT molecular complexity index is 1080. The lowest BCUT2D eigenvalue weighted by Gasteiger charge is -2.30. The van der Waals surface area contributed by atoms with Crippen LogP contribution < -0.4 is 10.1 Å². The van der Waals surface area contributed by atoms with Crippen LogP contribution in [0.25, 0.3) is 0 Å². The van der Waals surface area contributed by atoms with E-state index < -0.39 is 11.6 Å². The summed E-state index contributed by atoms with van der Waals surface area (Å²) in [6.07, 6.45) is 0.460. The number of hydrogen-bond acceptors (Lipinski definition) is 5. The summed E-state index contributed by atoms with van der Waals surface area (Å²) in [6, 6.07) is 14.2. The number of urea groups is 1. The highest BCUT2D eigenvalue weighted by molar-refractivity contribution is 6.34. The van der Waals surface area contributed by atoms with Gasteiger partial charge >= 0.3 is 6.03 Å². The van der Waals surface area contributed by atoms with E-state index in [2.05, 4.69) is 5.32 Å². The van der Waals surface area contributed by atoms with Crippen LogP contribution in [0.4, 0.5) is 4.79 Å². The van der Waals surface area contributed by atoms with E-state index in [1.54, 1.807) is 20.3 Å². The van der Waals surface area contributed by atoms with Crippen LogP contribution in [0.3, 0.4) is 0 Å². The lowest BCUT2D eigenvalue weighted by Crippen LogP contribution is -2.52. The number of carbonyl (C=O) groups excluding carboxylic acids is 2. The molecule has 188 valence electrons. The fourth-order valence-corrected chi connectivity index (χ4v) is 4.12. The molecule has 0 radical (unpaired) electrons. The summed E-state index contributed by atoms with van der Waals surface area (Å²) in [5.41, 5.74) is 1.85. The standard InChI is InChI=1S/C26H33ClN4O4/c1-26(2,3)28-25(33)30(14-15-34-4)17-24(32)31-22(19-11-7-9-13-23(19)35-5)16-21(29-31)18-10-6-8-12-20(18)27/h6-13,22H,14-17H2,1-5H3,(H,28,33)/t22-/m1/s1. The Balaban J connectivity index is 1.94. The molecule has 0 spiro atoms. The molecule has 0 bridgehead atoms. The highest BCUT2D eigenvalue weighted by Gasteiger charge is 2.36. The van der Waals surface area contributed by atoms with Crippen molar-refractivity contribution in [1.29, 1.82) is 0 Å². The number of nitrogens with one attached hydrogen (secondary N) is 1. The average molecular weight is 501 g/mol. The fraction of sp³-hybridized carbons (Fsp3) is 0.423. The fourth-order valence-electron chi connectivity index (χ4n) is 3.87. The molecule has 35 heavy (non-hydrogen) atoms. The molecule has 1 aliphatic heterocycles. The third kappa shape index (κ3) is 6.74. The molecule has 3 amide bonds. The number of hydrazone groups is 1. The highest BCUT2D eigenvalue weighted by atomic mass is 35.5. The van der Waals surface area contributed by atoms with Crippen molar-refractivity contribution in [3.8, 4) is 5.75 Å². The molecule has 0 saturated heterocycles. The number of para-hydroxylation sites is 1. The molecular formula is C26H33ClN4O4. The molecule has 0 unspecified atom stereocenters. The number of carbonyl (C=O) groups is 2. The molecule has 2 aromatic rings. The van der Waals surface area contributed by atoms with E-state index in [0.717, 1.165) is 11.1 Å². The zero-order valence-corrected chi connectivity index (χ0v) is 21.6. The number of rotatable bonds is 8. The van der Waals surface area contributed by atoms with Crippen molar-refractivity contribution < 1.29 is 19.1 Å². The first-order chi connectivity index (χ1) is 16.6. The average Bonchev–Trinajstić information content (AvgIpc) is 3.26. The minimum Gasteiger partial charge on any atom is -0.496 e. The van der Waals surface area contributed by atoms with E-state index in [1.165, 1.54) is 9.91 Å². The van der Waals surface area contributed by atoms with E-state index in [1.807, 2.05) is 63.2 Å². The molecule has 0 aromatic heterocycles. The molecule has 0 saturated carbocycles. The van der Waals surface area contributed by atoms with Gasteiger partial charge in [0, 0.05) is 41.8 Å². The quantitative estimate of drug-likeness (QED) is 0.579. The SMILES string of the molecule is COCCN(CC(=O)N1N=C(c2ccccc2Cl)C[C@@H]1c1ccccc1OC)C(=O)NC(C)(C)C. The molecule has 2 aromatic carbocycles. The number of nitrogens with zero attached hydrogens (tertiary/aromatic N) is 3. The third-order valence-corrected chi connectivity index (χ3v) is 5.84. The van der Waals surface area contributed by atoms with Crippen LogP contribution in [0.1, 0.15) is 44.4 Å².